The number of carbonyl (C=O) groups excluding carboxylic acids is 1. The van der Waals surface area contributed by atoms with E-state index in [4.69, 9.17) is 5.73 Å². The molecule has 1 rings (SSSR count). The van der Waals surface area contributed by atoms with Crippen LogP contribution < -0.4 is 16.4 Å². The van der Waals surface area contributed by atoms with E-state index < -0.39 is 0 Å². The maximum Gasteiger partial charge on any atom is 0.233 e. The van der Waals surface area contributed by atoms with Crippen LogP contribution in [-0.4, -0.2) is 31.6 Å². The van der Waals surface area contributed by atoms with Crippen molar-refractivity contribution in [2.75, 3.05) is 19.6 Å². The highest BCUT2D eigenvalue weighted by molar-refractivity contribution is 5.77. The molecule has 0 radical (unpaired) electrons. The zero-order valence-electron chi connectivity index (χ0n) is 8.72. The van der Waals surface area contributed by atoms with Gasteiger partial charge in [-0.3, -0.25) is 4.79 Å². The van der Waals surface area contributed by atoms with Crippen molar-refractivity contribution in [3.8, 4) is 0 Å². The van der Waals surface area contributed by atoms with Crippen LogP contribution in [0.2, 0.25) is 0 Å². The molecule has 1 saturated carbocycles. The van der Waals surface area contributed by atoms with Gasteiger partial charge in [0.05, 0.1) is 6.54 Å². The molecule has 0 aromatic heterocycles. The molecule has 1 aliphatic carbocycles. The molecule has 0 aliphatic heterocycles. The molecule has 0 aromatic rings. The zero-order valence-corrected chi connectivity index (χ0v) is 8.72. The Morgan fingerprint density at radius 2 is 2.07 bits per heavy atom. The number of amides is 1. The number of carbonyl (C=O) groups is 1. The lowest BCUT2D eigenvalue weighted by Crippen LogP contribution is -2.38. The second kappa shape index (κ2) is 6.79. The summed E-state index contributed by atoms with van der Waals surface area (Å²) in [6.45, 7) is 1.78. The van der Waals surface area contributed by atoms with Gasteiger partial charge in [-0.2, -0.15) is 0 Å². The molecule has 4 nitrogen and oxygen atoms in total. The van der Waals surface area contributed by atoms with Crippen LogP contribution in [0.15, 0.2) is 0 Å². The largest absolute Gasteiger partial charge is 0.355 e. The van der Waals surface area contributed by atoms with Crippen LogP contribution in [0.5, 0.6) is 0 Å². The molecule has 1 amide bonds. The third-order valence-corrected chi connectivity index (χ3v) is 2.61. The van der Waals surface area contributed by atoms with Crippen LogP contribution in [0.25, 0.3) is 0 Å². The van der Waals surface area contributed by atoms with Crippen molar-refractivity contribution in [2.45, 2.75) is 38.1 Å². The van der Waals surface area contributed by atoms with Gasteiger partial charge in [0.25, 0.3) is 0 Å². The van der Waals surface area contributed by atoms with Crippen LogP contribution in [-0.2, 0) is 4.79 Å². The summed E-state index contributed by atoms with van der Waals surface area (Å²) in [7, 11) is 0. The Kier molecular flexibility index (Phi) is 5.56. The second-order valence-corrected chi connectivity index (χ2v) is 3.85. The van der Waals surface area contributed by atoms with Gasteiger partial charge in [0.15, 0.2) is 0 Å². The number of hydrogen-bond donors (Lipinski definition) is 3. The van der Waals surface area contributed by atoms with E-state index in [1.54, 1.807) is 0 Å². The normalized spacial score (nSPS) is 17.2. The van der Waals surface area contributed by atoms with Gasteiger partial charge in [-0.15, -0.1) is 0 Å². The van der Waals surface area contributed by atoms with Gasteiger partial charge >= 0.3 is 0 Å². The van der Waals surface area contributed by atoms with Gasteiger partial charge in [-0.1, -0.05) is 12.8 Å². The van der Waals surface area contributed by atoms with Crippen molar-refractivity contribution in [1.29, 1.82) is 0 Å². The molecule has 82 valence electrons. The van der Waals surface area contributed by atoms with Crippen molar-refractivity contribution >= 4 is 5.91 Å². The summed E-state index contributed by atoms with van der Waals surface area (Å²) in [6.07, 6.45) is 5.89. The Morgan fingerprint density at radius 1 is 1.36 bits per heavy atom. The van der Waals surface area contributed by atoms with Crippen LogP contribution in [0.3, 0.4) is 0 Å². The molecule has 0 heterocycles. The molecule has 0 aromatic carbocycles. The molecule has 0 atom stereocenters. The fourth-order valence-corrected chi connectivity index (χ4v) is 1.76. The molecular formula is C10H21N3O. The molecule has 1 aliphatic rings. The van der Waals surface area contributed by atoms with Gasteiger partial charge in [0.1, 0.15) is 0 Å². The fourth-order valence-electron chi connectivity index (χ4n) is 1.76. The van der Waals surface area contributed by atoms with E-state index >= 15 is 0 Å². The number of hydrogen-bond acceptors (Lipinski definition) is 3. The highest BCUT2D eigenvalue weighted by Gasteiger charge is 2.14. The summed E-state index contributed by atoms with van der Waals surface area (Å²) >= 11 is 0. The first-order valence-corrected chi connectivity index (χ1v) is 5.53. The summed E-state index contributed by atoms with van der Waals surface area (Å²) < 4.78 is 0. The molecule has 0 spiro atoms. The van der Waals surface area contributed by atoms with Crippen molar-refractivity contribution < 1.29 is 4.79 Å². The molecule has 14 heavy (non-hydrogen) atoms. The minimum atomic E-state index is 0.0883. The summed E-state index contributed by atoms with van der Waals surface area (Å²) in [5.74, 6) is 0.0883. The molecule has 0 unspecified atom stereocenters. The Labute approximate surface area is 85.6 Å². The fraction of sp³-hybridized carbons (Fsp3) is 0.900. The highest BCUT2D eigenvalue weighted by atomic mass is 16.1. The number of nitrogens with two attached hydrogens (primary N) is 1. The Hall–Kier alpha value is -0.610. The van der Waals surface area contributed by atoms with Crippen LogP contribution >= 0.6 is 0 Å². The van der Waals surface area contributed by atoms with E-state index in [9.17, 15) is 4.79 Å². The van der Waals surface area contributed by atoms with E-state index in [0.717, 1.165) is 6.42 Å². The Balaban J connectivity index is 1.96. The third-order valence-electron chi connectivity index (χ3n) is 2.61. The first-order chi connectivity index (χ1) is 6.83. The molecular weight excluding hydrogens is 178 g/mol. The van der Waals surface area contributed by atoms with Crippen LogP contribution in [0.4, 0.5) is 0 Å². The zero-order chi connectivity index (χ0) is 10.2. The molecule has 4 N–H and O–H groups in total. The lowest BCUT2D eigenvalue weighted by atomic mass is 10.2. The summed E-state index contributed by atoms with van der Waals surface area (Å²) in [4.78, 5) is 11.3. The average molecular weight is 199 g/mol. The van der Waals surface area contributed by atoms with E-state index in [-0.39, 0.29) is 5.91 Å². The highest BCUT2D eigenvalue weighted by Crippen LogP contribution is 2.16. The van der Waals surface area contributed by atoms with Crippen LogP contribution in [0.1, 0.15) is 32.1 Å². The van der Waals surface area contributed by atoms with Crippen molar-refractivity contribution in [2.24, 2.45) is 5.73 Å². The first-order valence-electron chi connectivity index (χ1n) is 5.53. The number of nitrogens with one attached hydrogen (secondary N) is 2. The van der Waals surface area contributed by atoms with Crippen molar-refractivity contribution in [3.63, 3.8) is 0 Å². The maximum absolute atomic E-state index is 11.3. The molecule has 0 saturated heterocycles. The van der Waals surface area contributed by atoms with Crippen molar-refractivity contribution in [1.82, 2.24) is 10.6 Å². The topological polar surface area (TPSA) is 67.1 Å². The molecule has 0 bridgehead atoms. The van der Waals surface area contributed by atoms with Gasteiger partial charge in [-0.05, 0) is 25.8 Å². The van der Waals surface area contributed by atoms with E-state index in [0.29, 0.717) is 25.7 Å². The van der Waals surface area contributed by atoms with Gasteiger partial charge < -0.3 is 16.4 Å². The van der Waals surface area contributed by atoms with Gasteiger partial charge in [0.2, 0.25) is 5.91 Å². The SMILES string of the molecule is NCCCNC(=O)CNC1CCCC1. The first kappa shape index (κ1) is 11.5. The van der Waals surface area contributed by atoms with Crippen molar-refractivity contribution in [3.05, 3.63) is 0 Å². The minimum absolute atomic E-state index is 0.0883. The quantitative estimate of drug-likeness (QED) is 0.527. The summed E-state index contributed by atoms with van der Waals surface area (Å²) in [5, 5.41) is 6.09. The van der Waals surface area contributed by atoms with Gasteiger partial charge in [-0.25, -0.2) is 0 Å². The molecule has 4 heteroatoms. The maximum atomic E-state index is 11.3. The molecule has 1 fully saturated rings. The second-order valence-electron chi connectivity index (χ2n) is 3.85. The van der Waals surface area contributed by atoms with Gasteiger partial charge in [0, 0.05) is 12.6 Å². The lowest BCUT2D eigenvalue weighted by Gasteiger charge is -2.11. The lowest BCUT2D eigenvalue weighted by molar-refractivity contribution is -0.120. The third kappa shape index (κ3) is 4.58. The smallest absolute Gasteiger partial charge is 0.233 e. The standard InChI is InChI=1S/C10H21N3O/c11-6-3-7-12-10(14)8-13-9-4-1-2-5-9/h9,13H,1-8,11H2,(H,12,14). The minimum Gasteiger partial charge on any atom is -0.355 e. The Bertz CT molecular complexity index is 167. The summed E-state index contributed by atoms with van der Waals surface area (Å²) in [5.41, 5.74) is 5.32. The average Bonchev–Trinajstić information content (AvgIpc) is 2.68. The van der Waals surface area contributed by atoms with E-state index in [2.05, 4.69) is 10.6 Å². The van der Waals surface area contributed by atoms with Crippen LogP contribution in [0, 0.1) is 0 Å². The number of rotatable bonds is 6. The van der Waals surface area contributed by atoms with E-state index in [1.807, 2.05) is 0 Å². The predicted molar refractivity (Wildman–Crippen MR) is 56.9 cm³/mol. The summed E-state index contributed by atoms with van der Waals surface area (Å²) in [6, 6.07) is 0.565. The predicted octanol–water partition coefficient (Wildman–Crippen LogP) is -0.0164. The van der Waals surface area contributed by atoms with E-state index in [1.165, 1.54) is 25.7 Å². The Morgan fingerprint density at radius 3 is 2.71 bits per heavy atom. The monoisotopic (exact) mass is 199 g/mol.